The Hall–Kier alpha value is -3.15. The molecule has 0 bridgehead atoms. The van der Waals surface area contributed by atoms with Gasteiger partial charge in [0.05, 0.1) is 33.7 Å². The standard InChI is InChI=1S/C18H14N6OS/c1-18(2,25)14-4-7-24-13(10-21-17(24)23-14)12-3-6-20-16(22-12)15-11(9-19)5-8-26-15/h3-8,10,25H,1-2H3. The number of aliphatic hydroxyl groups is 1. The van der Waals surface area contributed by atoms with Crippen molar-refractivity contribution in [2.24, 2.45) is 0 Å². The Morgan fingerprint density at radius 3 is 2.81 bits per heavy atom. The van der Waals surface area contributed by atoms with Gasteiger partial charge in [0.2, 0.25) is 5.78 Å². The normalized spacial score (nSPS) is 11.6. The molecule has 8 heteroatoms. The SMILES string of the molecule is CC(C)(O)c1ccn2c(-c3ccnc(-c4sccc4C#N)n3)cnc2n1. The molecule has 0 unspecified atom stereocenters. The van der Waals surface area contributed by atoms with E-state index in [2.05, 4.69) is 26.0 Å². The minimum Gasteiger partial charge on any atom is -0.384 e. The Kier molecular flexibility index (Phi) is 3.76. The van der Waals surface area contributed by atoms with Crippen molar-refractivity contribution in [2.45, 2.75) is 19.4 Å². The summed E-state index contributed by atoms with van der Waals surface area (Å²) in [4.78, 5) is 18.4. The van der Waals surface area contributed by atoms with Gasteiger partial charge in [0.15, 0.2) is 5.82 Å². The average Bonchev–Trinajstić information content (AvgIpc) is 3.27. The van der Waals surface area contributed by atoms with Gasteiger partial charge in [-0.2, -0.15) is 5.26 Å². The Labute approximate surface area is 153 Å². The lowest BCUT2D eigenvalue weighted by Gasteiger charge is -2.16. The Morgan fingerprint density at radius 2 is 2.04 bits per heavy atom. The first kappa shape index (κ1) is 16.3. The molecule has 0 saturated carbocycles. The van der Waals surface area contributed by atoms with E-state index in [9.17, 15) is 10.4 Å². The smallest absolute Gasteiger partial charge is 0.234 e. The number of imidazole rings is 1. The topological polar surface area (TPSA) is 100.0 Å². The lowest BCUT2D eigenvalue weighted by atomic mass is 10.1. The number of aromatic nitrogens is 5. The van der Waals surface area contributed by atoms with Crippen LogP contribution in [0.3, 0.4) is 0 Å². The van der Waals surface area contributed by atoms with Crippen LogP contribution in [0.1, 0.15) is 25.1 Å². The maximum atomic E-state index is 10.1. The first-order chi connectivity index (χ1) is 12.5. The van der Waals surface area contributed by atoms with Crippen molar-refractivity contribution in [1.82, 2.24) is 24.3 Å². The first-order valence-corrected chi connectivity index (χ1v) is 8.73. The monoisotopic (exact) mass is 362 g/mol. The van der Waals surface area contributed by atoms with E-state index in [4.69, 9.17) is 0 Å². The molecule has 4 heterocycles. The summed E-state index contributed by atoms with van der Waals surface area (Å²) in [5.74, 6) is 0.985. The van der Waals surface area contributed by atoms with E-state index in [1.165, 1.54) is 11.3 Å². The van der Waals surface area contributed by atoms with Gasteiger partial charge < -0.3 is 5.11 Å². The van der Waals surface area contributed by atoms with Crippen molar-refractivity contribution in [1.29, 1.82) is 5.26 Å². The van der Waals surface area contributed by atoms with Gasteiger partial charge in [0.25, 0.3) is 0 Å². The number of hydrogen-bond acceptors (Lipinski definition) is 7. The quantitative estimate of drug-likeness (QED) is 0.601. The molecular weight excluding hydrogens is 348 g/mol. The van der Waals surface area contributed by atoms with Crippen LogP contribution in [0.15, 0.2) is 42.2 Å². The van der Waals surface area contributed by atoms with Gasteiger partial charge in [-0.1, -0.05) is 0 Å². The molecule has 128 valence electrons. The maximum Gasteiger partial charge on any atom is 0.234 e. The van der Waals surface area contributed by atoms with Gasteiger partial charge in [0, 0.05) is 12.4 Å². The fourth-order valence-corrected chi connectivity index (χ4v) is 3.37. The highest BCUT2D eigenvalue weighted by Gasteiger charge is 2.19. The van der Waals surface area contributed by atoms with E-state index in [0.29, 0.717) is 28.6 Å². The van der Waals surface area contributed by atoms with E-state index in [1.807, 2.05) is 11.6 Å². The van der Waals surface area contributed by atoms with Crippen molar-refractivity contribution < 1.29 is 5.11 Å². The van der Waals surface area contributed by atoms with Gasteiger partial charge in [-0.25, -0.2) is 19.9 Å². The van der Waals surface area contributed by atoms with Gasteiger partial charge in [-0.05, 0) is 37.4 Å². The third-order valence-electron chi connectivity index (χ3n) is 3.91. The van der Waals surface area contributed by atoms with E-state index in [0.717, 1.165) is 10.6 Å². The highest BCUT2D eigenvalue weighted by molar-refractivity contribution is 7.13. The number of nitrogens with zero attached hydrogens (tertiary/aromatic N) is 6. The van der Waals surface area contributed by atoms with E-state index < -0.39 is 5.60 Å². The van der Waals surface area contributed by atoms with Crippen LogP contribution < -0.4 is 0 Å². The summed E-state index contributed by atoms with van der Waals surface area (Å²) in [6.45, 7) is 3.36. The van der Waals surface area contributed by atoms with Gasteiger partial charge >= 0.3 is 0 Å². The Morgan fingerprint density at radius 1 is 1.19 bits per heavy atom. The fourth-order valence-electron chi connectivity index (χ4n) is 2.58. The number of nitriles is 1. The number of rotatable bonds is 3. The fraction of sp³-hybridized carbons (Fsp3) is 0.167. The Balaban J connectivity index is 1.82. The lowest BCUT2D eigenvalue weighted by molar-refractivity contribution is 0.0739. The molecule has 0 aliphatic rings. The van der Waals surface area contributed by atoms with E-state index >= 15 is 0 Å². The minimum atomic E-state index is -1.04. The van der Waals surface area contributed by atoms with Crippen LogP contribution in [0.4, 0.5) is 0 Å². The second-order valence-electron chi connectivity index (χ2n) is 6.23. The molecule has 0 atom stereocenters. The van der Waals surface area contributed by atoms with Crippen molar-refractivity contribution in [2.75, 3.05) is 0 Å². The van der Waals surface area contributed by atoms with Gasteiger partial charge in [0.1, 0.15) is 11.7 Å². The molecule has 0 spiro atoms. The summed E-state index contributed by atoms with van der Waals surface area (Å²) in [5.41, 5.74) is 1.50. The summed E-state index contributed by atoms with van der Waals surface area (Å²) in [7, 11) is 0. The predicted molar refractivity (Wildman–Crippen MR) is 97.3 cm³/mol. The van der Waals surface area contributed by atoms with Crippen LogP contribution in [-0.2, 0) is 5.60 Å². The number of fused-ring (bicyclic) bond motifs is 1. The molecule has 7 nitrogen and oxygen atoms in total. The zero-order valence-electron chi connectivity index (χ0n) is 14.1. The molecule has 26 heavy (non-hydrogen) atoms. The molecule has 4 rings (SSSR count). The second-order valence-corrected chi connectivity index (χ2v) is 7.14. The van der Waals surface area contributed by atoms with Crippen LogP contribution in [0.2, 0.25) is 0 Å². The molecule has 1 N–H and O–H groups in total. The summed E-state index contributed by atoms with van der Waals surface area (Å²) >= 11 is 1.43. The zero-order valence-corrected chi connectivity index (χ0v) is 14.9. The molecular formula is C18H14N6OS. The minimum absolute atomic E-state index is 0.480. The summed E-state index contributed by atoms with van der Waals surface area (Å²) < 4.78 is 1.81. The molecule has 0 radical (unpaired) electrons. The molecule has 0 aliphatic heterocycles. The van der Waals surface area contributed by atoms with Crippen LogP contribution in [0.25, 0.3) is 27.9 Å². The predicted octanol–water partition coefficient (Wildman–Crippen LogP) is 3.01. The molecule has 4 aromatic rings. The van der Waals surface area contributed by atoms with Crippen molar-refractivity contribution in [3.8, 4) is 28.2 Å². The lowest BCUT2D eigenvalue weighted by Crippen LogP contribution is -2.18. The maximum absolute atomic E-state index is 10.1. The van der Waals surface area contributed by atoms with Crippen LogP contribution in [0, 0.1) is 11.3 Å². The van der Waals surface area contributed by atoms with Crippen LogP contribution in [-0.4, -0.2) is 29.4 Å². The summed E-state index contributed by atoms with van der Waals surface area (Å²) in [6.07, 6.45) is 5.16. The van der Waals surface area contributed by atoms with Crippen molar-refractivity contribution >= 4 is 17.1 Å². The second kappa shape index (κ2) is 5.98. The largest absolute Gasteiger partial charge is 0.384 e. The zero-order chi connectivity index (χ0) is 18.3. The summed E-state index contributed by atoms with van der Waals surface area (Å²) in [5, 5.41) is 21.2. The van der Waals surface area contributed by atoms with Gasteiger partial charge in [-0.15, -0.1) is 11.3 Å². The molecule has 0 aromatic carbocycles. The van der Waals surface area contributed by atoms with Crippen LogP contribution in [0.5, 0.6) is 0 Å². The number of thiophene rings is 1. The third-order valence-corrected chi connectivity index (χ3v) is 4.82. The van der Waals surface area contributed by atoms with Crippen LogP contribution >= 0.6 is 11.3 Å². The van der Waals surface area contributed by atoms with Gasteiger partial charge in [-0.3, -0.25) is 4.40 Å². The molecule has 4 aromatic heterocycles. The molecule has 0 saturated heterocycles. The highest BCUT2D eigenvalue weighted by atomic mass is 32.1. The first-order valence-electron chi connectivity index (χ1n) is 7.86. The molecule has 0 amide bonds. The third kappa shape index (κ3) is 2.73. The average molecular weight is 362 g/mol. The Bertz CT molecular complexity index is 1150. The van der Waals surface area contributed by atoms with Crippen molar-refractivity contribution in [3.63, 3.8) is 0 Å². The summed E-state index contributed by atoms with van der Waals surface area (Å²) in [6, 6.07) is 7.46. The molecule has 0 fully saturated rings. The highest BCUT2D eigenvalue weighted by Crippen LogP contribution is 2.28. The van der Waals surface area contributed by atoms with Crippen molar-refractivity contribution in [3.05, 3.63) is 53.4 Å². The number of hydrogen-bond donors (Lipinski definition) is 1. The molecule has 0 aliphatic carbocycles. The van der Waals surface area contributed by atoms with E-state index in [-0.39, 0.29) is 0 Å². The van der Waals surface area contributed by atoms with E-state index in [1.54, 1.807) is 48.8 Å².